The summed E-state index contributed by atoms with van der Waals surface area (Å²) in [5.74, 6) is 0. The largest absolute Gasteiger partial charge is 0.307 e. The average molecular weight is 288 g/mol. The van der Waals surface area contributed by atoms with Gasteiger partial charge in [0.1, 0.15) is 0 Å². The molecule has 0 amide bonds. The molecule has 0 radical (unpaired) electrons. The second-order valence-electron chi connectivity index (χ2n) is 7.01. The quantitative estimate of drug-likeness (QED) is 0.892. The Balaban J connectivity index is 1.94. The van der Waals surface area contributed by atoms with Crippen molar-refractivity contribution < 1.29 is 0 Å². The first-order valence-corrected chi connectivity index (χ1v) is 8.54. The van der Waals surface area contributed by atoms with Crippen LogP contribution >= 0.6 is 0 Å². The van der Waals surface area contributed by atoms with Crippen LogP contribution in [0.5, 0.6) is 0 Å². The average Bonchev–Trinajstić information content (AvgIpc) is 2.64. The summed E-state index contributed by atoms with van der Waals surface area (Å²) in [4.78, 5) is 2.61. The van der Waals surface area contributed by atoms with E-state index in [2.05, 4.69) is 63.0 Å². The molecule has 1 aliphatic heterocycles. The Hall–Kier alpha value is -0.860. The van der Waals surface area contributed by atoms with Crippen LogP contribution in [0.1, 0.15) is 62.8 Å². The molecule has 1 aliphatic rings. The first kappa shape index (κ1) is 16.5. The summed E-state index contributed by atoms with van der Waals surface area (Å²) in [6.45, 7) is 13.8. The van der Waals surface area contributed by atoms with Crippen LogP contribution in [0.2, 0.25) is 0 Å². The number of hydrogen-bond donors (Lipinski definition) is 1. The lowest BCUT2D eigenvalue weighted by molar-refractivity contribution is 0.228. The highest BCUT2D eigenvalue weighted by Gasteiger charge is 2.20. The van der Waals surface area contributed by atoms with Crippen molar-refractivity contribution in [3.8, 4) is 0 Å². The second-order valence-corrected chi connectivity index (χ2v) is 7.01. The number of hydrogen-bond acceptors (Lipinski definition) is 2. The molecule has 21 heavy (non-hydrogen) atoms. The minimum atomic E-state index is 0.446. The summed E-state index contributed by atoms with van der Waals surface area (Å²) < 4.78 is 0. The zero-order valence-electron chi connectivity index (χ0n) is 14.4. The lowest BCUT2D eigenvalue weighted by atomic mass is 9.98. The van der Waals surface area contributed by atoms with Gasteiger partial charge in [-0.2, -0.15) is 0 Å². The Kier molecular flexibility index (Phi) is 5.83. The van der Waals surface area contributed by atoms with Gasteiger partial charge in [0.15, 0.2) is 0 Å². The van der Waals surface area contributed by atoms with E-state index in [1.54, 1.807) is 0 Å². The molecule has 0 aliphatic carbocycles. The van der Waals surface area contributed by atoms with Gasteiger partial charge in [-0.1, -0.05) is 23.8 Å². The Morgan fingerprint density at radius 2 is 1.86 bits per heavy atom. The van der Waals surface area contributed by atoms with Crippen molar-refractivity contribution in [3.63, 3.8) is 0 Å². The van der Waals surface area contributed by atoms with E-state index in [1.807, 2.05) is 0 Å². The molecule has 1 aromatic rings. The predicted octanol–water partition coefficient (Wildman–Crippen LogP) is 4.22. The van der Waals surface area contributed by atoms with E-state index in [0.717, 1.165) is 0 Å². The van der Waals surface area contributed by atoms with Gasteiger partial charge in [-0.25, -0.2) is 0 Å². The summed E-state index contributed by atoms with van der Waals surface area (Å²) in [5.41, 5.74) is 4.21. The third-order valence-corrected chi connectivity index (χ3v) is 4.87. The van der Waals surface area contributed by atoms with Crippen LogP contribution in [0, 0.1) is 13.8 Å². The second kappa shape index (κ2) is 7.42. The Morgan fingerprint density at radius 1 is 1.10 bits per heavy atom. The van der Waals surface area contributed by atoms with Crippen molar-refractivity contribution in [1.29, 1.82) is 0 Å². The van der Waals surface area contributed by atoms with Crippen molar-refractivity contribution in [2.75, 3.05) is 13.1 Å². The number of nitrogens with zero attached hydrogens (tertiary/aromatic N) is 1. The van der Waals surface area contributed by atoms with Crippen molar-refractivity contribution in [2.45, 2.75) is 72.0 Å². The smallest absolute Gasteiger partial charge is 0.0296 e. The predicted molar refractivity (Wildman–Crippen MR) is 91.8 cm³/mol. The van der Waals surface area contributed by atoms with Crippen molar-refractivity contribution in [2.24, 2.45) is 0 Å². The molecule has 1 N–H and O–H groups in total. The van der Waals surface area contributed by atoms with Gasteiger partial charge in [-0.05, 0) is 78.1 Å². The first-order valence-electron chi connectivity index (χ1n) is 8.54. The van der Waals surface area contributed by atoms with Gasteiger partial charge < -0.3 is 10.2 Å². The molecule has 0 spiro atoms. The third kappa shape index (κ3) is 4.55. The molecule has 1 heterocycles. The molecule has 1 fully saturated rings. The molecule has 2 atom stereocenters. The molecule has 2 nitrogen and oxygen atoms in total. The SMILES string of the molecule is Cc1ccc(C(C)NC2CCCN(C(C)C)CC2)c(C)c1. The van der Waals surface area contributed by atoms with Crippen LogP contribution in [0.4, 0.5) is 0 Å². The zero-order chi connectivity index (χ0) is 15.4. The minimum absolute atomic E-state index is 0.446. The molecule has 2 rings (SSSR count). The molecule has 1 aromatic carbocycles. The van der Waals surface area contributed by atoms with Crippen LogP contribution in [-0.2, 0) is 0 Å². The zero-order valence-corrected chi connectivity index (χ0v) is 14.4. The number of nitrogens with one attached hydrogen (secondary N) is 1. The minimum Gasteiger partial charge on any atom is -0.307 e. The first-order chi connectivity index (χ1) is 9.97. The summed E-state index contributed by atoms with van der Waals surface area (Å²) in [6, 6.07) is 8.60. The summed E-state index contributed by atoms with van der Waals surface area (Å²) in [5, 5.41) is 3.87. The van der Waals surface area contributed by atoms with Gasteiger partial charge in [0.05, 0.1) is 0 Å². The highest BCUT2D eigenvalue weighted by molar-refractivity contribution is 5.32. The maximum absolute atomic E-state index is 3.87. The van der Waals surface area contributed by atoms with Gasteiger partial charge in [0.25, 0.3) is 0 Å². The Bertz CT molecular complexity index is 453. The van der Waals surface area contributed by atoms with E-state index in [1.165, 1.54) is 49.0 Å². The van der Waals surface area contributed by atoms with Crippen LogP contribution < -0.4 is 5.32 Å². The van der Waals surface area contributed by atoms with Gasteiger partial charge in [0, 0.05) is 18.1 Å². The van der Waals surface area contributed by atoms with Crippen LogP contribution in [0.3, 0.4) is 0 Å². The van der Waals surface area contributed by atoms with E-state index in [-0.39, 0.29) is 0 Å². The number of likely N-dealkylation sites (tertiary alicyclic amines) is 1. The monoisotopic (exact) mass is 288 g/mol. The van der Waals surface area contributed by atoms with E-state index in [0.29, 0.717) is 18.1 Å². The van der Waals surface area contributed by atoms with Crippen LogP contribution in [-0.4, -0.2) is 30.1 Å². The molecular formula is C19H32N2. The lowest BCUT2D eigenvalue weighted by Gasteiger charge is -2.26. The number of benzene rings is 1. The van der Waals surface area contributed by atoms with Crippen molar-refractivity contribution >= 4 is 0 Å². The van der Waals surface area contributed by atoms with Crippen LogP contribution in [0.25, 0.3) is 0 Å². The molecular weight excluding hydrogens is 256 g/mol. The van der Waals surface area contributed by atoms with E-state index < -0.39 is 0 Å². The van der Waals surface area contributed by atoms with E-state index in [4.69, 9.17) is 0 Å². The van der Waals surface area contributed by atoms with Crippen LogP contribution in [0.15, 0.2) is 18.2 Å². The van der Waals surface area contributed by atoms with Crippen molar-refractivity contribution in [1.82, 2.24) is 10.2 Å². The molecule has 0 saturated carbocycles. The molecule has 0 bridgehead atoms. The van der Waals surface area contributed by atoms with E-state index in [9.17, 15) is 0 Å². The van der Waals surface area contributed by atoms with E-state index >= 15 is 0 Å². The third-order valence-electron chi connectivity index (χ3n) is 4.87. The molecule has 1 saturated heterocycles. The van der Waals surface area contributed by atoms with Crippen molar-refractivity contribution in [3.05, 3.63) is 34.9 Å². The molecule has 2 heteroatoms. The molecule has 0 aromatic heterocycles. The molecule has 118 valence electrons. The summed E-state index contributed by atoms with van der Waals surface area (Å²) >= 11 is 0. The topological polar surface area (TPSA) is 15.3 Å². The van der Waals surface area contributed by atoms with Gasteiger partial charge in [0.2, 0.25) is 0 Å². The summed E-state index contributed by atoms with van der Waals surface area (Å²) in [6.07, 6.45) is 3.89. The van der Waals surface area contributed by atoms with Gasteiger partial charge >= 0.3 is 0 Å². The fourth-order valence-corrected chi connectivity index (χ4v) is 3.56. The Labute approximate surface area is 130 Å². The summed E-state index contributed by atoms with van der Waals surface area (Å²) in [7, 11) is 0. The van der Waals surface area contributed by atoms with Gasteiger partial charge in [-0.3, -0.25) is 0 Å². The highest BCUT2D eigenvalue weighted by atomic mass is 15.1. The maximum Gasteiger partial charge on any atom is 0.0296 e. The molecule has 2 unspecified atom stereocenters. The fourth-order valence-electron chi connectivity index (χ4n) is 3.56. The normalized spacial score (nSPS) is 22.3. The number of aryl methyl sites for hydroxylation is 2. The fraction of sp³-hybridized carbons (Fsp3) is 0.684. The van der Waals surface area contributed by atoms with Gasteiger partial charge in [-0.15, -0.1) is 0 Å². The highest BCUT2D eigenvalue weighted by Crippen LogP contribution is 2.21. The number of rotatable bonds is 4. The maximum atomic E-state index is 3.87. The lowest BCUT2D eigenvalue weighted by Crippen LogP contribution is -2.35. The Morgan fingerprint density at radius 3 is 2.52 bits per heavy atom. The standard InChI is InChI=1S/C19H32N2/c1-14(2)21-11-6-7-18(10-12-21)20-17(5)19-9-8-15(3)13-16(19)4/h8-9,13-14,17-18,20H,6-7,10-12H2,1-5H3.